The van der Waals surface area contributed by atoms with Gasteiger partial charge >= 0.3 is 5.97 Å². The molecule has 90 valence electrons. The number of carbonyl (C=O) groups excluding carboxylic acids is 1. The van der Waals surface area contributed by atoms with Crippen LogP contribution in [0.5, 0.6) is 0 Å². The van der Waals surface area contributed by atoms with Crippen LogP contribution in [0.1, 0.15) is 34.6 Å². The van der Waals surface area contributed by atoms with Gasteiger partial charge in [0.2, 0.25) is 0 Å². The lowest BCUT2D eigenvalue weighted by atomic mass is 10.2. The van der Waals surface area contributed by atoms with E-state index in [0.29, 0.717) is 0 Å². The summed E-state index contributed by atoms with van der Waals surface area (Å²) in [4.78, 5) is 13.5. The zero-order chi connectivity index (χ0) is 12.2. The van der Waals surface area contributed by atoms with Crippen molar-refractivity contribution < 1.29 is 14.6 Å². The molecule has 0 radical (unpaired) electrons. The molecule has 2 unspecified atom stereocenters. The minimum Gasteiger partial charge on any atom is -0.459 e. The summed E-state index contributed by atoms with van der Waals surface area (Å²) in [6, 6.07) is -0.390. The lowest BCUT2D eigenvalue weighted by molar-refractivity contribution is -0.161. The molecule has 4 nitrogen and oxygen atoms in total. The lowest BCUT2D eigenvalue weighted by Gasteiger charge is -2.30. The van der Waals surface area contributed by atoms with Crippen molar-refractivity contribution in [2.45, 2.75) is 52.3 Å². The molecule has 0 saturated carbocycles. The molecule has 4 heteroatoms. The number of aliphatic hydroxyl groups excluding tert-OH is 1. The normalized spacial score (nSPS) is 16.3. The van der Waals surface area contributed by atoms with Gasteiger partial charge in [-0.2, -0.15) is 0 Å². The number of esters is 1. The molecular formula is C11H23NO3. The predicted octanol–water partition coefficient (Wildman–Crippen LogP) is 1.03. The van der Waals surface area contributed by atoms with Gasteiger partial charge in [-0.05, 0) is 41.7 Å². The Bertz CT molecular complexity index is 210. The molecule has 0 aromatic carbocycles. The second-order valence-electron chi connectivity index (χ2n) is 4.91. The molecule has 0 heterocycles. The van der Waals surface area contributed by atoms with Crippen molar-refractivity contribution in [3.63, 3.8) is 0 Å². The Hall–Kier alpha value is -0.610. The van der Waals surface area contributed by atoms with Crippen LogP contribution in [0.3, 0.4) is 0 Å². The first-order chi connectivity index (χ1) is 6.69. The number of nitrogens with zero attached hydrogens (tertiary/aromatic N) is 1. The topological polar surface area (TPSA) is 49.8 Å². The van der Waals surface area contributed by atoms with Crippen molar-refractivity contribution in [3.8, 4) is 0 Å². The molecule has 0 aromatic heterocycles. The van der Waals surface area contributed by atoms with E-state index in [1.807, 2.05) is 27.7 Å². The number of hydrogen-bond acceptors (Lipinski definition) is 4. The van der Waals surface area contributed by atoms with Gasteiger partial charge in [0.1, 0.15) is 11.6 Å². The highest BCUT2D eigenvalue weighted by Gasteiger charge is 2.26. The van der Waals surface area contributed by atoms with E-state index >= 15 is 0 Å². The molecule has 1 N–H and O–H groups in total. The third-order valence-electron chi connectivity index (χ3n) is 2.32. The van der Waals surface area contributed by atoms with Crippen molar-refractivity contribution in [2.75, 3.05) is 13.7 Å². The summed E-state index contributed by atoms with van der Waals surface area (Å²) in [5.41, 5.74) is -0.464. The van der Waals surface area contributed by atoms with E-state index in [1.54, 1.807) is 18.9 Å². The molecule has 0 spiro atoms. The molecule has 0 aromatic rings. The van der Waals surface area contributed by atoms with Crippen LogP contribution in [0.15, 0.2) is 0 Å². The highest BCUT2D eigenvalue weighted by molar-refractivity contribution is 5.75. The van der Waals surface area contributed by atoms with Gasteiger partial charge in [0.25, 0.3) is 0 Å². The summed E-state index contributed by atoms with van der Waals surface area (Å²) < 4.78 is 5.25. The Kier molecular flexibility index (Phi) is 5.24. The average Bonchev–Trinajstić information content (AvgIpc) is 2.11. The molecule has 0 saturated heterocycles. The molecule has 0 rings (SSSR count). The van der Waals surface area contributed by atoms with Crippen molar-refractivity contribution in [3.05, 3.63) is 0 Å². The summed E-state index contributed by atoms with van der Waals surface area (Å²) in [6.07, 6.45) is 0. The second kappa shape index (κ2) is 5.47. The zero-order valence-corrected chi connectivity index (χ0v) is 10.6. The maximum Gasteiger partial charge on any atom is 0.323 e. The van der Waals surface area contributed by atoms with Crippen molar-refractivity contribution in [1.29, 1.82) is 0 Å². The highest BCUT2D eigenvalue weighted by atomic mass is 16.6. The molecule has 2 atom stereocenters. The molecule has 15 heavy (non-hydrogen) atoms. The quantitative estimate of drug-likeness (QED) is 0.715. The second-order valence-corrected chi connectivity index (χ2v) is 4.91. The van der Waals surface area contributed by atoms with E-state index in [0.717, 1.165) is 0 Å². The molecule has 0 aliphatic heterocycles. The van der Waals surface area contributed by atoms with Crippen LogP contribution in [-0.4, -0.2) is 47.3 Å². The first-order valence-electron chi connectivity index (χ1n) is 5.24. The van der Waals surface area contributed by atoms with Crippen LogP contribution < -0.4 is 0 Å². The van der Waals surface area contributed by atoms with Crippen molar-refractivity contribution in [2.24, 2.45) is 0 Å². The monoisotopic (exact) mass is 217 g/mol. The maximum absolute atomic E-state index is 11.7. The van der Waals surface area contributed by atoms with Crippen LogP contribution in [0, 0.1) is 0 Å². The summed E-state index contributed by atoms with van der Waals surface area (Å²) in [7, 11) is 1.80. The SMILES string of the molecule is CC(CO)N(C)C(C)C(=O)OC(C)(C)C. The fourth-order valence-electron chi connectivity index (χ4n) is 1.06. The first-order valence-corrected chi connectivity index (χ1v) is 5.24. The van der Waals surface area contributed by atoms with E-state index < -0.39 is 5.60 Å². The Balaban J connectivity index is 4.32. The van der Waals surface area contributed by atoms with Crippen LogP contribution in [-0.2, 0) is 9.53 Å². The zero-order valence-electron chi connectivity index (χ0n) is 10.6. The lowest BCUT2D eigenvalue weighted by Crippen LogP contribution is -2.45. The molecule has 0 aliphatic carbocycles. The van der Waals surface area contributed by atoms with E-state index in [9.17, 15) is 4.79 Å². The van der Waals surface area contributed by atoms with Gasteiger partial charge in [0, 0.05) is 6.04 Å². The van der Waals surface area contributed by atoms with Gasteiger partial charge in [-0.3, -0.25) is 9.69 Å². The van der Waals surface area contributed by atoms with Gasteiger partial charge in [-0.15, -0.1) is 0 Å². The van der Waals surface area contributed by atoms with Gasteiger partial charge < -0.3 is 9.84 Å². The smallest absolute Gasteiger partial charge is 0.323 e. The largest absolute Gasteiger partial charge is 0.459 e. The number of carbonyl (C=O) groups is 1. The molecule has 0 fully saturated rings. The number of likely N-dealkylation sites (N-methyl/N-ethyl adjacent to an activating group) is 1. The van der Waals surface area contributed by atoms with Crippen molar-refractivity contribution in [1.82, 2.24) is 4.90 Å². The van der Waals surface area contributed by atoms with Gasteiger partial charge in [0.05, 0.1) is 6.61 Å². The highest BCUT2D eigenvalue weighted by Crippen LogP contribution is 2.11. The molecule has 0 amide bonds. The van der Waals surface area contributed by atoms with Crippen LogP contribution in [0.25, 0.3) is 0 Å². The Morgan fingerprint density at radius 2 is 1.87 bits per heavy atom. The van der Waals surface area contributed by atoms with Gasteiger partial charge in [-0.25, -0.2) is 0 Å². The van der Waals surface area contributed by atoms with E-state index in [2.05, 4.69) is 0 Å². The van der Waals surface area contributed by atoms with Gasteiger partial charge in [0.15, 0.2) is 0 Å². The Labute approximate surface area is 92.2 Å². The molecule has 0 aliphatic rings. The minimum absolute atomic E-state index is 0.0314. The Morgan fingerprint density at radius 1 is 1.40 bits per heavy atom. The third-order valence-corrected chi connectivity index (χ3v) is 2.32. The number of ether oxygens (including phenoxy) is 1. The van der Waals surface area contributed by atoms with Crippen LogP contribution >= 0.6 is 0 Å². The predicted molar refractivity (Wildman–Crippen MR) is 59.6 cm³/mol. The first kappa shape index (κ1) is 14.4. The third kappa shape index (κ3) is 5.14. The van der Waals surface area contributed by atoms with Crippen LogP contribution in [0.4, 0.5) is 0 Å². The van der Waals surface area contributed by atoms with E-state index in [-0.39, 0.29) is 24.7 Å². The van der Waals surface area contributed by atoms with Gasteiger partial charge in [-0.1, -0.05) is 0 Å². The summed E-state index contributed by atoms with van der Waals surface area (Å²) in [5, 5.41) is 8.97. The van der Waals surface area contributed by atoms with E-state index in [4.69, 9.17) is 9.84 Å². The maximum atomic E-state index is 11.7. The number of hydrogen-bond donors (Lipinski definition) is 1. The van der Waals surface area contributed by atoms with E-state index in [1.165, 1.54) is 0 Å². The summed E-state index contributed by atoms with van der Waals surface area (Å²) >= 11 is 0. The molecule has 0 bridgehead atoms. The average molecular weight is 217 g/mol. The fraction of sp³-hybridized carbons (Fsp3) is 0.909. The van der Waals surface area contributed by atoms with Crippen LogP contribution in [0.2, 0.25) is 0 Å². The number of aliphatic hydroxyl groups is 1. The molecular weight excluding hydrogens is 194 g/mol. The number of rotatable bonds is 4. The standard InChI is InChI=1S/C11H23NO3/c1-8(7-13)12(6)9(2)10(14)15-11(3,4)5/h8-9,13H,7H2,1-6H3. The summed E-state index contributed by atoms with van der Waals surface area (Å²) in [5.74, 6) is -0.259. The fourth-order valence-corrected chi connectivity index (χ4v) is 1.06. The minimum atomic E-state index is -0.464. The Morgan fingerprint density at radius 3 is 2.20 bits per heavy atom. The van der Waals surface area contributed by atoms with Crippen molar-refractivity contribution >= 4 is 5.97 Å². The summed E-state index contributed by atoms with van der Waals surface area (Å²) in [6.45, 7) is 9.19.